The molecule has 0 saturated carbocycles. The second-order valence-electron chi connectivity index (χ2n) is 16.6. The van der Waals surface area contributed by atoms with E-state index in [2.05, 4.69) is 150 Å². The lowest BCUT2D eigenvalue weighted by molar-refractivity contribution is 0.624. The first-order valence-corrected chi connectivity index (χ1v) is 21.3. The van der Waals surface area contributed by atoms with Gasteiger partial charge in [-0.05, 0) is 135 Å². The number of nitrogens with zero attached hydrogens (tertiary/aromatic N) is 1. The third-order valence-corrected chi connectivity index (χ3v) is 13.3. The van der Waals surface area contributed by atoms with Gasteiger partial charge in [0.05, 0.1) is 11.1 Å². The molecule has 1 unspecified atom stereocenters. The molecule has 1 heterocycles. The molecule has 1 atom stereocenters. The van der Waals surface area contributed by atoms with Crippen LogP contribution in [0.4, 0.5) is 25.8 Å². The van der Waals surface area contributed by atoms with Gasteiger partial charge in [-0.3, -0.25) is 0 Å². The molecule has 0 fully saturated rings. The smallest absolute Gasteiger partial charge is 0.159 e. The molecular weight excluding hydrogens is 765 g/mol. The Morgan fingerprint density at radius 1 is 0.516 bits per heavy atom. The van der Waals surface area contributed by atoms with Gasteiger partial charge in [0.2, 0.25) is 0 Å². The van der Waals surface area contributed by atoms with E-state index >= 15 is 0 Å². The first kappa shape index (κ1) is 36.3. The highest BCUT2D eigenvalue weighted by Crippen LogP contribution is 2.60. The number of halogens is 2. The van der Waals surface area contributed by atoms with E-state index in [1.807, 2.05) is 36.4 Å². The molecule has 0 bridgehead atoms. The molecular formula is C58H39F2NO. The van der Waals surface area contributed by atoms with Crippen molar-refractivity contribution in [3.63, 3.8) is 0 Å². The summed E-state index contributed by atoms with van der Waals surface area (Å²) in [7, 11) is 0. The van der Waals surface area contributed by atoms with Gasteiger partial charge in [0, 0.05) is 28.1 Å². The third kappa shape index (κ3) is 5.53. The number of anilines is 3. The topological polar surface area (TPSA) is 16.4 Å². The molecule has 0 radical (unpaired) electrons. The Balaban J connectivity index is 1.08. The van der Waals surface area contributed by atoms with Crippen molar-refractivity contribution < 1.29 is 13.2 Å². The van der Waals surface area contributed by atoms with Crippen molar-refractivity contribution in [1.82, 2.24) is 0 Å². The summed E-state index contributed by atoms with van der Waals surface area (Å²) in [5.74, 6) is -0.720. The average molecular weight is 804 g/mol. The predicted molar refractivity (Wildman–Crippen MR) is 247 cm³/mol. The minimum Gasteiger partial charge on any atom is -0.454 e. The van der Waals surface area contributed by atoms with E-state index in [0.29, 0.717) is 6.42 Å². The Labute approximate surface area is 359 Å². The number of rotatable bonds is 7. The van der Waals surface area contributed by atoms with E-state index < -0.39 is 5.41 Å². The van der Waals surface area contributed by atoms with Crippen molar-refractivity contribution in [3.05, 3.63) is 268 Å². The van der Waals surface area contributed by atoms with Crippen molar-refractivity contribution in [3.8, 4) is 11.1 Å². The Kier molecular flexibility index (Phi) is 8.36. The molecule has 1 aromatic heterocycles. The van der Waals surface area contributed by atoms with E-state index in [9.17, 15) is 8.78 Å². The fourth-order valence-electron chi connectivity index (χ4n) is 10.7. The number of fused-ring (bicyclic) bond motifs is 12. The molecule has 10 aromatic rings. The Hall–Kier alpha value is -7.56. The zero-order valence-corrected chi connectivity index (χ0v) is 33.7. The lowest BCUT2D eigenvalue weighted by Crippen LogP contribution is -2.34. The van der Waals surface area contributed by atoms with Crippen LogP contribution in [0.2, 0.25) is 0 Å². The van der Waals surface area contributed by atoms with E-state index in [4.69, 9.17) is 4.42 Å². The van der Waals surface area contributed by atoms with Crippen molar-refractivity contribution in [2.24, 2.45) is 0 Å². The summed E-state index contributed by atoms with van der Waals surface area (Å²) in [5, 5.41) is 1.99. The number of hydrogen-bond donors (Lipinski definition) is 0. The van der Waals surface area contributed by atoms with Crippen LogP contribution in [-0.4, -0.2) is 0 Å². The maximum Gasteiger partial charge on any atom is 0.159 e. The molecule has 0 saturated heterocycles. The number of para-hydroxylation sites is 2. The van der Waals surface area contributed by atoms with E-state index in [1.54, 1.807) is 0 Å². The summed E-state index contributed by atoms with van der Waals surface area (Å²) < 4.78 is 35.5. The van der Waals surface area contributed by atoms with Gasteiger partial charge in [0.25, 0.3) is 0 Å². The van der Waals surface area contributed by atoms with Crippen molar-refractivity contribution in [2.75, 3.05) is 4.90 Å². The molecule has 0 aliphatic heterocycles. The summed E-state index contributed by atoms with van der Waals surface area (Å²) in [6, 6.07) is 70.4. The third-order valence-electron chi connectivity index (χ3n) is 13.3. The zero-order valence-electron chi connectivity index (χ0n) is 33.7. The largest absolute Gasteiger partial charge is 0.454 e. The lowest BCUT2D eigenvalue weighted by atomic mass is 9.61. The molecule has 1 spiro atoms. The second-order valence-corrected chi connectivity index (χ2v) is 16.6. The molecule has 296 valence electrons. The lowest BCUT2D eigenvalue weighted by Gasteiger charge is -2.40. The highest BCUT2D eigenvalue weighted by atomic mass is 19.1. The standard InChI is InChI=1S/C58H39F2NO/c59-41-28-24-37(25-29-41)34-49(38-26-30-42(60)31-27-38)47-17-11-23-55-56(47)48-18-10-22-54(57(48)62-55)61(43-14-2-1-3-15-43)44-32-33-46-45-16-6-9-21-52(45)58(53(46)36-44)50-19-7-4-12-39(50)35-40-13-5-8-20-51(40)58/h1-33,36,49H,34-35H2. The van der Waals surface area contributed by atoms with Crippen LogP contribution in [0.1, 0.15) is 56.0 Å². The van der Waals surface area contributed by atoms with Gasteiger partial charge in [0.1, 0.15) is 17.2 Å². The molecule has 2 nitrogen and oxygen atoms in total. The highest BCUT2D eigenvalue weighted by Gasteiger charge is 2.50. The molecule has 4 heteroatoms. The first-order chi connectivity index (χ1) is 30.6. The molecule has 2 aliphatic rings. The summed E-state index contributed by atoms with van der Waals surface area (Å²) in [6.07, 6.45) is 1.49. The van der Waals surface area contributed by atoms with E-state index in [-0.39, 0.29) is 17.6 Å². The molecule has 12 rings (SSSR count). The quantitative estimate of drug-likeness (QED) is 0.160. The molecule has 0 amide bonds. The summed E-state index contributed by atoms with van der Waals surface area (Å²) in [4.78, 5) is 2.33. The van der Waals surface area contributed by atoms with Crippen molar-refractivity contribution in [2.45, 2.75) is 24.2 Å². The van der Waals surface area contributed by atoms with Gasteiger partial charge >= 0.3 is 0 Å². The average Bonchev–Trinajstić information content (AvgIpc) is 3.84. The Morgan fingerprint density at radius 2 is 1.15 bits per heavy atom. The molecule has 9 aromatic carbocycles. The van der Waals surface area contributed by atoms with Gasteiger partial charge in [-0.1, -0.05) is 146 Å². The van der Waals surface area contributed by atoms with Gasteiger partial charge in [0.15, 0.2) is 5.58 Å². The molecule has 2 aliphatic carbocycles. The van der Waals surface area contributed by atoms with Crippen LogP contribution in [-0.2, 0) is 18.3 Å². The van der Waals surface area contributed by atoms with E-state index in [0.717, 1.165) is 62.1 Å². The molecule has 0 N–H and O–H groups in total. The summed E-state index contributed by atoms with van der Waals surface area (Å²) in [5.41, 5.74) is 17.4. The Bertz CT molecular complexity index is 3290. The Morgan fingerprint density at radius 3 is 1.89 bits per heavy atom. The zero-order chi connectivity index (χ0) is 41.4. The monoisotopic (exact) mass is 803 g/mol. The van der Waals surface area contributed by atoms with Gasteiger partial charge in [-0.25, -0.2) is 8.78 Å². The van der Waals surface area contributed by atoms with Crippen molar-refractivity contribution in [1.29, 1.82) is 0 Å². The van der Waals surface area contributed by atoms with Crippen LogP contribution in [0.15, 0.2) is 211 Å². The number of hydrogen-bond acceptors (Lipinski definition) is 2. The van der Waals surface area contributed by atoms with Crippen LogP contribution in [0.5, 0.6) is 0 Å². The maximum atomic E-state index is 14.4. The minimum absolute atomic E-state index is 0.157. The minimum atomic E-state index is -0.504. The fourth-order valence-corrected chi connectivity index (χ4v) is 10.7. The van der Waals surface area contributed by atoms with Gasteiger partial charge < -0.3 is 9.32 Å². The van der Waals surface area contributed by atoms with Gasteiger partial charge in [-0.15, -0.1) is 0 Å². The fraction of sp³-hybridized carbons (Fsp3) is 0.0690. The SMILES string of the molecule is Fc1ccc(CC(c2ccc(F)cc2)c2cccc3oc4c(N(c5ccccc5)c5ccc6c(c5)C5(c7ccccc7Cc7ccccc75)c5ccccc5-6)cccc4c23)cc1. The van der Waals surface area contributed by atoms with Crippen LogP contribution in [0.3, 0.4) is 0 Å². The highest BCUT2D eigenvalue weighted by molar-refractivity contribution is 6.12. The summed E-state index contributed by atoms with van der Waals surface area (Å²) >= 11 is 0. The summed E-state index contributed by atoms with van der Waals surface area (Å²) in [6.45, 7) is 0. The number of furan rings is 1. The predicted octanol–water partition coefficient (Wildman–Crippen LogP) is 15.0. The van der Waals surface area contributed by atoms with E-state index in [1.165, 1.54) is 68.8 Å². The molecule has 62 heavy (non-hydrogen) atoms. The second kappa shape index (κ2) is 14.3. The van der Waals surface area contributed by atoms with Crippen LogP contribution in [0.25, 0.3) is 33.1 Å². The normalized spacial score (nSPS) is 13.7. The van der Waals surface area contributed by atoms with Crippen LogP contribution >= 0.6 is 0 Å². The number of benzene rings is 9. The van der Waals surface area contributed by atoms with Crippen molar-refractivity contribution >= 4 is 39.0 Å². The van der Waals surface area contributed by atoms with Crippen LogP contribution < -0.4 is 4.90 Å². The first-order valence-electron chi connectivity index (χ1n) is 21.3. The van der Waals surface area contributed by atoms with Gasteiger partial charge in [-0.2, -0.15) is 0 Å². The maximum absolute atomic E-state index is 14.4. The van der Waals surface area contributed by atoms with Crippen LogP contribution in [0, 0.1) is 11.6 Å².